The molecule has 2 aromatic rings. The Morgan fingerprint density at radius 2 is 1.80 bits per heavy atom. The van der Waals surface area contributed by atoms with Crippen molar-refractivity contribution in [1.82, 2.24) is 5.32 Å². The highest BCUT2D eigenvalue weighted by molar-refractivity contribution is 7.80. The predicted molar refractivity (Wildman–Crippen MR) is 88.1 cm³/mol. The van der Waals surface area contributed by atoms with Crippen LogP contribution in [0, 0.1) is 0 Å². The van der Waals surface area contributed by atoms with Crippen LogP contribution in [0.5, 0.6) is 5.75 Å². The second kappa shape index (κ2) is 6.64. The first-order valence-electron chi connectivity index (χ1n) is 5.68. The zero-order valence-electron chi connectivity index (χ0n) is 10.2. The molecule has 0 amide bonds. The molecule has 0 aliphatic carbocycles. The van der Waals surface area contributed by atoms with Gasteiger partial charge in [-0.1, -0.05) is 53.1 Å². The van der Waals surface area contributed by atoms with Gasteiger partial charge in [0, 0.05) is 11.6 Å². The fourth-order valence-electron chi connectivity index (χ4n) is 1.62. The number of rotatable bonds is 3. The first kappa shape index (κ1) is 15.4. The van der Waals surface area contributed by atoms with E-state index in [1.807, 2.05) is 6.07 Å². The molecule has 0 fully saturated rings. The zero-order chi connectivity index (χ0) is 14.7. The molecule has 0 radical (unpaired) electrons. The van der Waals surface area contributed by atoms with Crippen molar-refractivity contribution in [2.45, 2.75) is 6.54 Å². The monoisotopic (exact) mass is 345 g/mol. The summed E-state index contributed by atoms with van der Waals surface area (Å²) >= 11 is 22.8. The molecule has 2 nitrogen and oxygen atoms in total. The lowest BCUT2D eigenvalue weighted by Gasteiger charge is -2.10. The minimum Gasteiger partial charge on any atom is -0.507 e. The van der Waals surface area contributed by atoms with Gasteiger partial charge >= 0.3 is 0 Å². The number of hydrogen-bond donors (Lipinski definition) is 2. The molecule has 0 heterocycles. The topological polar surface area (TPSA) is 32.3 Å². The van der Waals surface area contributed by atoms with Gasteiger partial charge in [-0.15, -0.1) is 0 Å². The van der Waals surface area contributed by atoms with Crippen LogP contribution in [-0.2, 0) is 6.54 Å². The maximum atomic E-state index is 9.79. The van der Waals surface area contributed by atoms with Crippen LogP contribution in [0.2, 0.25) is 15.1 Å². The van der Waals surface area contributed by atoms with Gasteiger partial charge in [0.2, 0.25) is 0 Å². The number of nitrogens with one attached hydrogen (secondary N) is 1. The summed E-state index contributed by atoms with van der Waals surface area (Å²) in [6.45, 7) is 0.484. The van der Waals surface area contributed by atoms with Crippen molar-refractivity contribution in [1.29, 1.82) is 0 Å². The highest BCUT2D eigenvalue weighted by atomic mass is 35.5. The average molecular weight is 347 g/mol. The Morgan fingerprint density at radius 1 is 1.05 bits per heavy atom. The number of benzene rings is 2. The molecule has 0 saturated heterocycles. The molecule has 0 atom stereocenters. The Balaban J connectivity index is 2.06. The molecule has 0 spiro atoms. The quantitative estimate of drug-likeness (QED) is 0.782. The van der Waals surface area contributed by atoms with Crippen molar-refractivity contribution in [2.75, 3.05) is 0 Å². The first-order chi connectivity index (χ1) is 9.47. The van der Waals surface area contributed by atoms with Gasteiger partial charge in [-0.25, -0.2) is 0 Å². The summed E-state index contributed by atoms with van der Waals surface area (Å²) in [6.07, 6.45) is 0. The third-order valence-corrected chi connectivity index (χ3v) is 3.98. The van der Waals surface area contributed by atoms with Gasteiger partial charge in [0.25, 0.3) is 0 Å². The van der Waals surface area contributed by atoms with Gasteiger partial charge in [0.15, 0.2) is 0 Å². The Labute approximate surface area is 137 Å². The molecule has 0 aliphatic heterocycles. The van der Waals surface area contributed by atoms with Crippen LogP contribution in [0.1, 0.15) is 11.1 Å². The highest BCUT2D eigenvalue weighted by Gasteiger charge is 2.08. The molecule has 0 unspecified atom stereocenters. The zero-order valence-corrected chi connectivity index (χ0v) is 13.2. The lowest BCUT2D eigenvalue weighted by Crippen LogP contribution is -2.21. The highest BCUT2D eigenvalue weighted by Crippen LogP contribution is 2.24. The van der Waals surface area contributed by atoms with Gasteiger partial charge in [-0.05, 0) is 35.9 Å². The third kappa shape index (κ3) is 3.76. The van der Waals surface area contributed by atoms with Gasteiger partial charge in [0.05, 0.1) is 15.6 Å². The molecule has 2 aromatic carbocycles. The summed E-state index contributed by atoms with van der Waals surface area (Å²) in [7, 11) is 0. The summed E-state index contributed by atoms with van der Waals surface area (Å²) in [4.78, 5) is 0.435. The van der Waals surface area contributed by atoms with Crippen LogP contribution in [0.4, 0.5) is 0 Å². The molecular weight excluding hydrogens is 337 g/mol. The van der Waals surface area contributed by atoms with E-state index in [-0.39, 0.29) is 5.75 Å². The minimum absolute atomic E-state index is 0.0455. The van der Waals surface area contributed by atoms with E-state index in [9.17, 15) is 5.11 Å². The summed E-state index contributed by atoms with van der Waals surface area (Å²) in [5.74, 6) is 0.0455. The van der Waals surface area contributed by atoms with E-state index < -0.39 is 0 Å². The van der Waals surface area contributed by atoms with Gasteiger partial charge in [-0.2, -0.15) is 0 Å². The summed E-state index contributed by atoms with van der Waals surface area (Å²) in [5, 5.41) is 14.3. The Kier molecular flexibility index (Phi) is 5.11. The van der Waals surface area contributed by atoms with E-state index >= 15 is 0 Å². The molecule has 0 bridgehead atoms. The van der Waals surface area contributed by atoms with Crippen LogP contribution in [-0.4, -0.2) is 10.1 Å². The normalized spacial score (nSPS) is 10.3. The molecule has 2 N–H and O–H groups in total. The number of phenolic OH excluding ortho intramolecular Hbond substituents is 1. The standard InChI is InChI=1S/C14H10Cl3NOS/c15-9-2-3-10(13(19)6-9)14(20)18-7-8-1-4-11(16)12(17)5-8/h1-6,19H,7H2,(H,18,20). The molecular formula is C14H10Cl3NOS. The van der Waals surface area contributed by atoms with E-state index in [1.54, 1.807) is 24.3 Å². The second-order valence-corrected chi connectivity index (χ2v) is 5.75. The van der Waals surface area contributed by atoms with Crippen molar-refractivity contribution in [2.24, 2.45) is 0 Å². The number of aromatic hydroxyl groups is 1. The Morgan fingerprint density at radius 3 is 2.45 bits per heavy atom. The van der Waals surface area contributed by atoms with Crippen molar-refractivity contribution in [3.8, 4) is 5.75 Å². The van der Waals surface area contributed by atoms with Gasteiger partial charge < -0.3 is 10.4 Å². The molecule has 2 rings (SSSR count). The van der Waals surface area contributed by atoms with Crippen molar-refractivity contribution in [3.63, 3.8) is 0 Å². The van der Waals surface area contributed by atoms with Crippen LogP contribution in [0.25, 0.3) is 0 Å². The molecule has 0 aromatic heterocycles. The molecule has 104 valence electrons. The van der Waals surface area contributed by atoms with E-state index in [4.69, 9.17) is 47.0 Å². The molecule has 20 heavy (non-hydrogen) atoms. The molecule has 0 aliphatic rings. The maximum absolute atomic E-state index is 9.79. The minimum atomic E-state index is 0.0455. The van der Waals surface area contributed by atoms with Gasteiger partial charge in [0.1, 0.15) is 10.7 Å². The summed E-state index contributed by atoms with van der Waals surface area (Å²) < 4.78 is 0. The van der Waals surface area contributed by atoms with Crippen molar-refractivity contribution >= 4 is 52.0 Å². The van der Waals surface area contributed by atoms with Gasteiger partial charge in [-0.3, -0.25) is 0 Å². The number of hydrogen-bond acceptors (Lipinski definition) is 2. The van der Waals surface area contributed by atoms with Crippen molar-refractivity contribution < 1.29 is 5.11 Å². The number of thiocarbonyl (C=S) groups is 1. The fourth-order valence-corrected chi connectivity index (χ4v) is 2.36. The van der Waals surface area contributed by atoms with E-state index in [1.165, 1.54) is 6.07 Å². The Bertz CT molecular complexity index is 661. The van der Waals surface area contributed by atoms with Crippen LogP contribution < -0.4 is 5.32 Å². The largest absolute Gasteiger partial charge is 0.507 e. The van der Waals surface area contributed by atoms with Crippen LogP contribution in [0.15, 0.2) is 36.4 Å². The number of halogens is 3. The molecule has 0 saturated carbocycles. The molecule has 6 heteroatoms. The summed E-state index contributed by atoms with van der Waals surface area (Å²) in [6, 6.07) is 10.1. The van der Waals surface area contributed by atoms with E-state index in [0.717, 1.165) is 5.56 Å². The SMILES string of the molecule is Oc1cc(Cl)ccc1C(=S)NCc1ccc(Cl)c(Cl)c1. The van der Waals surface area contributed by atoms with Crippen molar-refractivity contribution in [3.05, 3.63) is 62.6 Å². The smallest absolute Gasteiger partial charge is 0.127 e. The lowest BCUT2D eigenvalue weighted by molar-refractivity contribution is 0.474. The number of phenols is 1. The Hall–Kier alpha value is -1.000. The lowest BCUT2D eigenvalue weighted by atomic mass is 10.2. The predicted octanol–water partition coefficient (Wildman–Crippen LogP) is 4.82. The maximum Gasteiger partial charge on any atom is 0.127 e. The second-order valence-electron chi connectivity index (χ2n) is 4.09. The summed E-state index contributed by atoms with van der Waals surface area (Å²) in [5.41, 5.74) is 1.47. The van der Waals surface area contributed by atoms with Crippen LogP contribution >= 0.6 is 47.0 Å². The first-order valence-corrected chi connectivity index (χ1v) is 7.22. The third-order valence-electron chi connectivity index (χ3n) is 2.64. The average Bonchev–Trinajstić information content (AvgIpc) is 2.40. The fraction of sp³-hybridized carbons (Fsp3) is 0.0714. The van der Waals surface area contributed by atoms with E-state index in [2.05, 4.69) is 5.32 Å². The van der Waals surface area contributed by atoms with Crippen LogP contribution in [0.3, 0.4) is 0 Å². The van der Waals surface area contributed by atoms with E-state index in [0.29, 0.717) is 32.2 Å².